The Hall–Kier alpha value is -1.89. The molecule has 0 spiro atoms. The van der Waals surface area contributed by atoms with Gasteiger partial charge < -0.3 is 4.74 Å². The van der Waals surface area contributed by atoms with Crippen LogP contribution in [0.15, 0.2) is 29.2 Å². The molecule has 0 radical (unpaired) electrons. The minimum atomic E-state index is -4.01. The molecule has 1 aliphatic heterocycles. The number of amides is 1. The molecule has 0 fully saturated rings. The predicted molar refractivity (Wildman–Crippen MR) is 70.4 cm³/mol. The summed E-state index contributed by atoms with van der Waals surface area (Å²) in [6.45, 7) is 3.32. The second kappa shape index (κ2) is 4.90. The maximum Gasteiger partial charge on any atom is 0.330 e. The van der Waals surface area contributed by atoms with Gasteiger partial charge in [0.1, 0.15) is 10.9 Å². The molecule has 0 bridgehead atoms. The van der Waals surface area contributed by atoms with E-state index in [1.54, 1.807) is 19.9 Å². The lowest BCUT2D eigenvalue weighted by Crippen LogP contribution is -2.48. The molecule has 0 aromatic heterocycles. The van der Waals surface area contributed by atoms with Crippen molar-refractivity contribution >= 4 is 21.9 Å². The van der Waals surface area contributed by atoms with Gasteiger partial charge in [-0.25, -0.2) is 17.5 Å². The van der Waals surface area contributed by atoms with Gasteiger partial charge in [0, 0.05) is 0 Å². The van der Waals surface area contributed by atoms with Crippen LogP contribution in [-0.2, 0) is 19.6 Å². The van der Waals surface area contributed by atoms with Crippen molar-refractivity contribution in [3.8, 4) is 0 Å². The first-order valence-electron chi connectivity index (χ1n) is 6.08. The number of carbonyl (C=O) groups excluding carboxylic acids is 2. The van der Waals surface area contributed by atoms with Gasteiger partial charge in [-0.1, -0.05) is 26.0 Å². The number of ether oxygens (including phenoxy) is 1. The molecule has 1 aliphatic rings. The lowest BCUT2D eigenvalue weighted by Gasteiger charge is -2.27. The number of sulfonamides is 1. The molecule has 1 aromatic rings. The number of hydrogen-bond acceptors (Lipinski definition) is 5. The standard InChI is InChI=1S/C13H15NO5S/c1-8(2)11(13(16)19-3)14-12(15)9-6-4-5-7-10(9)20(14,17)18/h4-8,11H,1-3H3/t11-/m1/s1. The van der Waals surface area contributed by atoms with Gasteiger partial charge in [-0.05, 0) is 18.1 Å². The molecule has 0 saturated carbocycles. The summed E-state index contributed by atoms with van der Waals surface area (Å²) >= 11 is 0. The third-order valence-electron chi connectivity index (χ3n) is 3.18. The Balaban J connectivity index is 2.60. The molecular formula is C13H15NO5S. The fourth-order valence-corrected chi connectivity index (χ4v) is 4.08. The monoisotopic (exact) mass is 297 g/mol. The maximum atomic E-state index is 12.5. The third kappa shape index (κ3) is 1.98. The van der Waals surface area contributed by atoms with Crippen LogP contribution in [0.2, 0.25) is 0 Å². The fourth-order valence-electron chi connectivity index (χ4n) is 2.24. The highest BCUT2D eigenvalue weighted by atomic mass is 32.2. The van der Waals surface area contributed by atoms with Crippen LogP contribution in [0.4, 0.5) is 0 Å². The van der Waals surface area contributed by atoms with Gasteiger partial charge in [-0.15, -0.1) is 0 Å². The molecule has 108 valence electrons. The molecule has 20 heavy (non-hydrogen) atoms. The van der Waals surface area contributed by atoms with Crippen LogP contribution in [0, 0.1) is 5.92 Å². The number of methoxy groups -OCH3 is 1. The Morgan fingerprint density at radius 3 is 2.35 bits per heavy atom. The molecule has 0 unspecified atom stereocenters. The summed E-state index contributed by atoms with van der Waals surface area (Å²) in [5.41, 5.74) is 0.0852. The highest BCUT2D eigenvalue weighted by Gasteiger charge is 2.48. The topological polar surface area (TPSA) is 80.8 Å². The fraction of sp³-hybridized carbons (Fsp3) is 0.385. The molecule has 6 nitrogen and oxygen atoms in total. The number of benzene rings is 1. The number of fused-ring (bicyclic) bond motifs is 1. The van der Waals surface area contributed by atoms with Crippen molar-refractivity contribution in [1.29, 1.82) is 0 Å². The Kier molecular flexibility index (Phi) is 3.56. The zero-order chi connectivity index (χ0) is 15.1. The van der Waals surface area contributed by atoms with Gasteiger partial charge in [-0.2, -0.15) is 0 Å². The van der Waals surface area contributed by atoms with Crippen LogP contribution in [0.1, 0.15) is 24.2 Å². The molecule has 2 rings (SSSR count). The van der Waals surface area contributed by atoms with Crippen molar-refractivity contribution in [2.75, 3.05) is 7.11 Å². The van der Waals surface area contributed by atoms with Crippen molar-refractivity contribution in [1.82, 2.24) is 4.31 Å². The van der Waals surface area contributed by atoms with E-state index in [9.17, 15) is 18.0 Å². The van der Waals surface area contributed by atoms with Crippen LogP contribution in [0.25, 0.3) is 0 Å². The number of hydrogen-bond donors (Lipinski definition) is 0. The van der Waals surface area contributed by atoms with Crippen molar-refractivity contribution in [3.63, 3.8) is 0 Å². The van der Waals surface area contributed by atoms with E-state index < -0.39 is 33.9 Å². The third-order valence-corrected chi connectivity index (χ3v) is 5.00. The van der Waals surface area contributed by atoms with Crippen molar-refractivity contribution in [2.24, 2.45) is 5.92 Å². The lowest BCUT2D eigenvalue weighted by molar-refractivity contribution is -0.145. The summed E-state index contributed by atoms with van der Waals surface area (Å²) in [6.07, 6.45) is 0. The van der Waals surface area contributed by atoms with E-state index in [-0.39, 0.29) is 10.5 Å². The van der Waals surface area contributed by atoms with Gasteiger partial charge in [0.05, 0.1) is 12.7 Å². The largest absolute Gasteiger partial charge is 0.467 e. The summed E-state index contributed by atoms with van der Waals surface area (Å²) < 4.78 is 30.2. The summed E-state index contributed by atoms with van der Waals surface area (Å²) in [6, 6.07) is 4.75. The first-order valence-corrected chi connectivity index (χ1v) is 7.52. The van der Waals surface area contributed by atoms with Gasteiger partial charge in [0.2, 0.25) is 0 Å². The second-order valence-corrected chi connectivity index (χ2v) is 6.60. The number of rotatable bonds is 3. The molecule has 0 N–H and O–H groups in total. The zero-order valence-electron chi connectivity index (χ0n) is 11.4. The van der Waals surface area contributed by atoms with Crippen LogP contribution in [0.5, 0.6) is 0 Å². The summed E-state index contributed by atoms with van der Waals surface area (Å²) in [5.74, 6) is -1.83. The average molecular weight is 297 g/mol. The van der Waals surface area contributed by atoms with E-state index in [1.165, 1.54) is 18.2 Å². The first kappa shape index (κ1) is 14.5. The van der Waals surface area contributed by atoms with Gasteiger partial charge >= 0.3 is 5.97 Å². The molecule has 1 amide bonds. The second-order valence-electron chi connectivity index (χ2n) is 4.81. The number of nitrogens with zero attached hydrogens (tertiary/aromatic N) is 1. The highest BCUT2D eigenvalue weighted by molar-refractivity contribution is 7.90. The van der Waals surface area contributed by atoms with Crippen molar-refractivity contribution in [2.45, 2.75) is 24.8 Å². The lowest BCUT2D eigenvalue weighted by atomic mass is 10.0. The molecule has 1 atom stereocenters. The molecule has 0 aliphatic carbocycles. The number of esters is 1. The quantitative estimate of drug-likeness (QED) is 0.778. The van der Waals surface area contributed by atoms with Crippen molar-refractivity contribution in [3.05, 3.63) is 29.8 Å². The minimum Gasteiger partial charge on any atom is -0.467 e. The number of carbonyl (C=O) groups is 2. The van der Waals surface area contributed by atoms with Gasteiger partial charge in [0.15, 0.2) is 0 Å². The van der Waals surface area contributed by atoms with E-state index in [2.05, 4.69) is 4.74 Å². The van der Waals surface area contributed by atoms with Crippen molar-refractivity contribution < 1.29 is 22.7 Å². The normalized spacial score (nSPS) is 18.0. The molecule has 0 saturated heterocycles. The molecule has 7 heteroatoms. The van der Waals surface area contributed by atoms with Gasteiger partial charge in [0.25, 0.3) is 15.9 Å². The summed E-state index contributed by atoms with van der Waals surface area (Å²) in [4.78, 5) is 24.1. The van der Waals surface area contributed by atoms with E-state index >= 15 is 0 Å². The highest BCUT2D eigenvalue weighted by Crippen LogP contribution is 2.33. The van der Waals surface area contributed by atoms with E-state index in [0.717, 1.165) is 7.11 Å². The Morgan fingerprint density at radius 2 is 1.85 bits per heavy atom. The Morgan fingerprint density at radius 1 is 1.25 bits per heavy atom. The van der Waals surface area contributed by atoms with E-state index in [0.29, 0.717) is 4.31 Å². The van der Waals surface area contributed by atoms with Crippen LogP contribution in [0.3, 0.4) is 0 Å². The Labute approximate surface area is 117 Å². The molecule has 1 heterocycles. The Bertz CT molecular complexity index is 665. The van der Waals surface area contributed by atoms with Gasteiger partial charge in [-0.3, -0.25) is 4.79 Å². The summed E-state index contributed by atoms with van der Waals surface area (Å²) in [7, 11) is -2.85. The van der Waals surface area contributed by atoms with Crippen LogP contribution < -0.4 is 0 Å². The summed E-state index contributed by atoms with van der Waals surface area (Å²) in [5, 5.41) is 0. The predicted octanol–water partition coefficient (Wildman–Crippen LogP) is 1.03. The molecule has 1 aromatic carbocycles. The first-order chi connectivity index (χ1) is 9.32. The van der Waals surface area contributed by atoms with E-state index in [4.69, 9.17) is 0 Å². The smallest absolute Gasteiger partial charge is 0.330 e. The average Bonchev–Trinajstić information content (AvgIpc) is 2.60. The molecular weight excluding hydrogens is 282 g/mol. The zero-order valence-corrected chi connectivity index (χ0v) is 12.2. The van der Waals surface area contributed by atoms with Crippen LogP contribution >= 0.6 is 0 Å². The maximum absolute atomic E-state index is 12.5. The van der Waals surface area contributed by atoms with Crippen LogP contribution in [-0.4, -0.2) is 37.8 Å². The SMILES string of the molecule is COC(=O)[C@@H](C(C)C)N1C(=O)c2ccccc2S1(=O)=O. The van der Waals surface area contributed by atoms with E-state index in [1.807, 2.05) is 0 Å². The minimum absolute atomic E-state index is 0.0699.